The average molecular weight is 417 g/mol. The summed E-state index contributed by atoms with van der Waals surface area (Å²) in [5.41, 5.74) is 2.70. The number of fused-ring (bicyclic) bond motifs is 3. The van der Waals surface area contributed by atoms with Gasteiger partial charge in [0, 0.05) is 16.8 Å². The monoisotopic (exact) mass is 417 g/mol. The van der Waals surface area contributed by atoms with Crippen molar-refractivity contribution < 1.29 is 23.5 Å². The molecule has 0 aliphatic heterocycles. The number of hydrogen-bond donors (Lipinski definition) is 1. The van der Waals surface area contributed by atoms with E-state index in [0.717, 1.165) is 21.9 Å². The van der Waals surface area contributed by atoms with Gasteiger partial charge in [0.25, 0.3) is 5.91 Å². The first kappa shape index (κ1) is 20.5. The molecule has 0 spiro atoms. The lowest BCUT2D eigenvalue weighted by atomic mass is 9.97. The summed E-state index contributed by atoms with van der Waals surface area (Å²) in [5, 5.41) is 4.61. The van der Waals surface area contributed by atoms with Crippen LogP contribution in [0.25, 0.3) is 21.9 Å². The van der Waals surface area contributed by atoms with Gasteiger partial charge in [0.05, 0.1) is 18.7 Å². The molecule has 3 aromatic carbocycles. The van der Waals surface area contributed by atoms with Gasteiger partial charge >= 0.3 is 5.97 Å². The number of para-hydroxylation sites is 1. The summed E-state index contributed by atoms with van der Waals surface area (Å²) < 4.78 is 16.6. The van der Waals surface area contributed by atoms with Crippen LogP contribution in [0.3, 0.4) is 0 Å². The third-order valence-electron chi connectivity index (χ3n) is 5.21. The van der Waals surface area contributed by atoms with Crippen LogP contribution in [-0.2, 0) is 14.3 Å². The number of rotatable bonds is 7. The summed E-state index contributed by atoms with van der Waals surface area (Å²) in [4.78, 5) is 25.0. The molecule has 158 valence electrons. The smallest absolute Gasteiger partial charge is 0.313 e. The van der Waals surface area contributed by atoms with Crippen LogP contribution in [0.15, 0.2) is 71.1 Å². The van der Waals surface area contributed by atoms with Crippen molar-refractivity contribution >= 4 is 39.5 Å². The highest BCUT2D eigenvalue weighted by Crippen LogP contribution is 2.36. The minimum Gasteiger partial charge on any atom is -0.495 e. The number of nitrogens with one attached hydrogen (secondary N) is 1. The Labute approximate surface area is 179 Å². The number of hydrogen-bond acceptors (Lipinski definition) is 5. The zero-order chi connectivity index (χ0) is 21.8. The van der Waals surface area contributed by atoms with Crippen molar-refractivity contribution in [1.29, 1.82) is 0 Å². The van der Waals surface area contributed by atoms with Crippen molar-refractivity contribution in [2.75, 3.05) is 19.0 Å². The summed E-state index contributed by atoms with van der Waals surface area (Å²) in [6.07, 6.45) is 0.584. The predicted octanol–water partition coefficient (Wildman–Crippen LogP) is 5.27. The fourth-order valence-electron chi connectivity index (χ4n) is 3.67. The SMILES string of the molecule is CC[C@@H](C(=O)OCC(=O)Nc1cc2oc3ccccc3c2cc1OC)c1ccccc1. The highest BCUT2D eigenvalue weighted by atomic mass is 16.5. The number of carbonyl (C=O) groups excluding carboxylic acids is 2. The Morgan fingerprint density at radius 1 is 0.968 bits per heavy atom. The molecular weight excluding hydrogens is 394 g/mol. The van der Waals surface area contributed by atoms with Crippen LogP contribution in [0.4, 0.5) is 5.69 Å². The normalized spacial score (nSPS) is 11.9. The lowest BCUT2D eigenvalue weighted by molar-refractivity contribution is -0.149. The molecule has 6 nitrogen and oxygen atoms in total. The number of ether oxygens (including phenoxy) is 2. The van der Waals surface area contributed by atoms with Crippen molar-refractivity contribution in [3.05, 3.63) is 72.3 Å². The number of benzene rings is 3. The number of furan rings is 1. The Morgan fingerprint density at radius 3 is 2.45 bits per heavy atom. The second-order valence-electron chi connectivity index (χ2n) is 7.17. The number of carbonyl (C=O) groups is 2. The Hall–Kier alpha value is -3.80. The standard InChI is InChI=1S/C25H23NO5/c1-3-17(16-9-5-4-6-10-16)25(28)30-15-24(27)26-20-14-22-19(13-23(20)29-2)18-11-7-8-12-21(18)31-22/h4-14,17H,3,15H2,1-2H3,(H,26,27)/t17-/m1/s1. The van der Waals surface area contributed by atoms with E-state index >= 15 is 0 Å². The van der Waals surface area contributed by atoms with Crippen LogP contribution in [0.1, 0.15) is 24.8 Å². The van der Waals surface area contributed by atoms with Crippen molar-refractivity contribution in [2.24, 2.45) is 0 Å². The van der Waals surface area contributed by atoms with Crippen LogP contribution in [0, 0.1) is 0 Å². The van der Waals surface area contributed by atoms with E-state index < -0.39 is 17.8 Å². The third-order valence-corrected chi connectivity index (χ3v) is 5.21. The maximum absolute atomic E-state index is 12.5. The molecule has 0 saturated carbocycles. The third kappa shape index (κ3) is 4.23. The summed E-state index contributed by atoms with van der Waals surface area (Å²) in [7, 11) is 1.53. The number of amides is 1. The Morgan fingerprint density at radius 2 is 1.71 bits per heavy atom. The molecule has 31 heavy (non-hydrogen) atoms. The predicted molar refractivity (Wildman–Crippen MR) is 119 cm³/mol. The van der Waals surface area contributed by atoms with Gasteiger partial charge in [-0.15, -0.1) is 0 Å². The van der Waals surface area contributed by atoms with E-state index in [2.05, 4.69) is 5.32 Å². The molecule has 4 rings (SSSR count). The van der Waals surface area contributed by atoms with Crippen molar-refractivity contribution in [2.45, 2.75) is 19.3 Å². The van der Waals surface area contributed by atoms with Gasteiger partial charge in [0.15, 0.2) is 6.61 Å². The number of methoxy groups -OCH3 is 1. The largest absolute Gasteiger partial charge is 0.495 e. The molecule has 1 amide bonds. The first-order valence-electron chi connectivity index (χ1n) is 10.1. The molecular formula is C25H23NO5. The summed E-state index contributed by atoms with van der Waals surface area (Å²) in [6, 6.07) is 20.6. The molecule has 4 aromatic rings. The van der Waals surface area contributed by atoms with E-state index in [1.54, 1.807) is 6.07 Å². The van der Waals surface area contributed by atoms with Crippen LogP contribution in [0.5, 0.6) is 5.75 Å². The fourth-order valence-corrected chi connectivity index (χ4v) is 3.67. The van der Waals surface area contributed by atoms with Gasteiger partial charge < -0.3 is 19.2 Å². The Kier molecular flexibility index (Phi) is 5.89. The molecule has 0 bridgehead atoms. The lowest BCUT2D eigenvalue weighted by Gasteiger charge is -2.15. The maximum Gasteiger partial charge on any atom is 0.313 e. The van der Waals surface area contributed by atoms with Crippen LogP contribution in [-0.4, -0.2) is 25.6 Å². The van der Waals surface area contributed by atoms with Crippen molar-refractivity contribution in [1.82, 2.24) is 0 Å². The summed E-state index contributed by atoms with van der Waals surface area (Å²) in [5.74, 6) is -0.793. The first-order chi connectivity index (χ1) is 15.1. The van der Waals surface area contributed by atoms with E-state index in [-0.39, 0.29) is 6.61 Å². The highest BCUT2D eigenvalue weighted by Gasteiger charge is 2.21. The molecule has 1 atom stereocenters. The molecule has 0 aliphatic carbocycles. The highest BCUT2D eigenvalue weighted by molar-refractivity contribution is 6.07. The zero-order valence-corrected chi connectivity index (χ0v) is 17.4. The molecule has 0 radical (unpaired) electrons. The number of esters is 1. The van der Waals surface area contributed by atoms with Gasteiger partial charge in [-0.2, -0.15) is 0 Å². The van der Waals surface area contributed by atoms with E-state index in [1.807, 2.05) is 67.6 Å². The molecule has 6 heteroatoms. The average Bonchev–Trinajstić information content (AvgIpc) is 3.15. The minimum absolute atomic E-state index is 0.385. The van der Waals surface area contributed by atoms with Crippen LogP contribution in [0.2, 0.25) is 0 Å². The molecule has 0 aliphatic rings. The Balaban J connectivity index is 1.48. The van der Waals surface area contributed by atoms with E-state index in [9.17, 15) is 9.59 Å². The lowest BCUT2D eigenvalue weighted by Crippen LogP contribution is -2.24. The molecule has 0 unspecified atom stereocenters. The van der Waals surface area contributed by atoms with E-state index in [0.29, 0.717) is 23.4 Å². The van der Waals surface area contributed by atoms with E-state index in [4.69, 9.17) is 13.9 Å². The second kappa shape index (κ2) is 8.92. The van der Waals surface area contributed by atoms with Crippen LogP contribution < -0.4 is 10.1 Å². The zero-order valence-electron chi connectivity index (χ0n) is 17.4. The molecule has 0 saturated heterocycles. The van der Waals surface area contributed by atoms with Gasteiger partial charge in [-0.25, -0.2) is 0 Å². The second-order valence-corrected chi connectivity index (χ2v) is 7.17. The topological polar surface area (TPSA) is 77.8 Å². The van der Waals surface area contributed by atoms with Crippen LogP contribution >= 0.6 is 0 Å². The van der Waals surface area contributed by atoms with Gasteiger partial charge in [-0.05, 0) is 24.1 Å². The van der Waals surface area contributed by atoms with Crippen molar-refractivity contribution in [3.63, 3.8) is 0 Å². The van der Waals surface area contributed by atoms with Gasteiger partial charge in [0.2, 0.25) is 0 Å². The van der Waals surface area contributed by atoms with Gasteiger partial charge in [-0.3, -0.25) is 9.59 Å². The van der Waals surface area contributed by atoms with Crippen molar-refractivity contribution in [3.8, 4) is 5.75 Å². The number of anilines is 1. The quantitative estimate of drug-likeness (QED) is 0.415. The molecule has 1 N–H and O–H groups in total. The summed E-state index contributed by atoms with van der Waals surface area (Å²) in [6.45, 7) is 1.52. The summed E-state index contributed by atoms with van der Waals surface area (Å²) >= 11 is 0. The first-order valence-corrected chi connectivity index (χ1v) is 10.1. The minimum atomic E-state index is -0.454. The maximum atomic E-state index is 12.5. The van der Waals surface area contributed by atoms with Gasteiger partial charge in [0.1, 0.15) is 16.9 Å². The fraction of sp³-hybridized carbons (Fsp3) is 0.200. The molecule has 1 heterocycles. The Bertz CT molecular complexity index is 1230. The molecule has 0 fully saturated rings. The van der Waals surface area contributed by atoms with Gasteiger partial charge in [-0.1, -0.05) is 55.5 Å². The molecule has 1 aromatic heterocycles. The van der Waals surface area contributed by atoms with E-state index in [1.165, 1.54) is 7.11 Å².